The Labute approximate surface area is 232 Å². The lowest BCUT2D eigenvalue weighted by Gasteiger charge is -2.34. The molecule has 2 aliphatic heterocycles. The molecule has 0 saturated carbocycles. The first-order valence-corrected chi connectivity index (χ1v) is 13.7. The van der Waals surface area contributed by atoms with Crippen LogP contribution in [0.25, 0.3) is 11.1 Å². The molecular formula is C29H31Cl2FN4O2. The van der Waals surface area contributed by atoms with Crippen molar-refractivity contribution >= 4 is 34.9 Å². The van der Waals surface area contributed by atoms with Crippen molar-refractivity contribution in [2.24, 2.45) is 0 Å². The average Bonchev–Trinajstić information content (AvgIpc) is 3.37. The van der Waals surface area contributed by atoms with Gasteiger partial charge in [0.2, 0.25) is 0 Å². The number of hydrogen-bond acceptors (Lipinski definition) is 5. The summed E-state index contributed by atoms with van der Waals surface area (Å²) in [5.74, 6) is 0.701. The quantitative estimate of drug-likeness (QED) is 0.372. The minimum absolute atomic E-state index is 0.0175. The van der Waals surface area contributed by atoms with Gasteiger partial charge in [-0.05, 0) is 68.1 Å². The highest BCUT2D eigenvalue weighted by Crippen LogP contribution is 2.31. The van der Waals surface area contributed by atoms with Crippen molar-refractivity contribution in [2.75, 3.05) is 31.9 Å². The summed E-state index contributed by atoms with van der Waals surface area (Å²) in [7, 11) is 0. The number of halogens is 3. The molecule has 200 valence electrons. The standard InChI is InChI=1S/C29H31Cl2FN4O2/c30-25-6-1-7-26(31)24(25)18-38-27-14-21(15-34-28(27)33)19-8-10-20(11-9-19)29(37)36-13-3-5-23(36)17-35-12-2-4-22(32)16-35/h1,6-11,14-15,22-23H,2-5,12-13,16-18H2,(H2,33,34). The van der Waals surface area contributed by atoms with E-state index in [-0.39, 0.29) is 24.4 Å². The zero-order valence-corrected chi connectivity index (χ0v) is 22.6. The molecule has 38 heavy (non-hydrogen) atoms. The fourth-order valence-corrected chi connectivity index (χ4v) is 5.78. The van der Waals surface area contributed by atoms with Crippen LogP contribution >= 0.6 is 23.2 Å². The van der Waals surface area contributed by atoms with Gasteiger partial charge in [-0.2, -0.15) is 0 Å². The summed E-state index contributed by atoms with van der Waals surface area (Å²) >= 11 is 12.5. The third-order valence-corrected chi connectivity index (χ3v) is 8.04. The van der Waals surface area contributed by atoms with Crippen LogP contribution in [0.3, 0.4) is 0 Å². The number of alkyl halides is 1. The summed E-state index contributed by atoms with van der Waals surface area (Å²) in [6.07, 6.45) is 4.36. The highest BCUT2D eigenvalue weighted by molar-refractivity contribution is 6.35. The van der Waals surface area contributed by atoms with Crippen LogP contribution in [0, 0.1) is 0 Å². The number of anilines is 1. The van der Waals surface area contributed by atoms with E-state index in [1.165, 1.54) is 0 Å². The van der Waals surface area contributed by atoms with Crippen molar-refractivity contribution in [3.05, 3.63) is 75.9 Å². The summed E-state index contributed by atoms with van der Waals surface area (Å²) in [6.45, 7) is 3.00. The predicted molar refractivity (Wildman–Crippen MR) is 150 cm³/mol. The second-order valence-corrected chi connectivity index (χ2v) is 10.8. The SMILES string of the molecule is Nc1ncc(-c2ccc(C(=O)N3CCCC3CN3CCCC(F)C3)cc2)cc1OCc1c(Cl)cccc1Cl. The van der Waals surface area contributed by atoms with E-state index in [0.717, 1.165) is 50.0 Å². The first-order chi connectivity index (χ1) is 18.4. The molecule has 2 fully saturated rings. The molecule has 0 radical (unpaired) electrons. The molecule has 2 aromatic carbocycles. The molecule has 3 aromatic rings. The molecule has 2 aliphatic rings. The van der Waals surface area contributed by atoms with Gasteiger partial charge in [-0.3, -0.25) is 9.69 Å². The number of nitrogens with two attached hydrogens (primary N) is 1. The molecule has 6 nitrogen and oxygen atoms in total. The Morgan fingerprint density at radius 2 is 1.79 bits per heavy atom. The van der Waals surface area contributed by atoms with Crippen molar-refractivity contribution in [1.82, 2.24) is 14.8 Å². The van der Waals surface area contributed by atoms with E-state index in [9.17, 15) is 9.18 Å². The van der Waals surface area contributed by atoms with Crippen LogP contribution in [-0.4, -0.2) is 59.1 Å². The van der Waals surface area contributed by atoms with Crippen molar-refractivity contribution < 1.29 is 13.9 Å². The Morgan fingerprint density at radius 1 is 1.05 bits per heavy atom. The number of nitrogen functional groups attached to an aromatic ring is 1. The van der Waals surface area contributed by atoms with E-state index in [2.05, 4.69) is 9.88 Å². The Hall–Kier alpha value is -2.87. The van der Waals surface area contributed by atoms with Crippen LogP contribution in [0.4, 0.5) is 10.2 Å². The zero-order chi connectivity index (χ0) is 26.6. The number of likely N-dealkylation sites (tertiary alicyclic amines) is 2. The van der Waals surface area contributed by atoms with Gasteiger partial charge in [0.15, 0.2) is 11.6 Å². The van der Waals surface area contributed by atoms with Gasteiger partial charge in [-0.25, -0.2) is 9.37 Å². The number of piperidine rings is 1. The van der Waals surface area contributed by atoms with E-state index in [4.69, 9.17) is 33.7 Å². The Balaban J connectivity index is 1.26. The maximum atomic E-state index is 13.9. The number of pyridine rings is 1. The second-order valence-electron chi connectivity index (χ2n) is 9.97. The Bertz CT molecular complexity index is 1270. The smallest absolute Gasteiger partial charge is 0.254 e. The number of nitrogens with zero attached hydrogens (tertiary/aromatic N) is 3. The van der Waals surface area contributed by atoms with Crippen molar-refractivity contribution in [3.63, 3.8) is 0 Å². The van der Waals surface area contributed by atoms with E-state index >= 15 is 0 Å². The van der Waals surface area contributed by atoms with Crippen molar-refractivity contribution in [2.45, 2.75) is 44.5 Å². The topological polar surface area (TPSA) is 71.7 Å². The van der Waals surface area contributed by atoms with E-state index in [1.54, 1.807) is 24.4 Å². The normalized spacial score (nSPS) is 20.0. The highest BCUT2D eigenvalue weighted by atomic mass is 35.5. The lowest BCUT2D eigenvalue weighted by molar-refractivity contribution is 0.0655. The third kappa shape index (κ3) is 6.06. The van der Waals surface area contributed by atoms with Crippen LogP contribution < -0.4 is 10.5 Å². The van der Waals surface area contributed by atoms with Crippen LogP contribution in [0.5, 0.6) is 5.75 Å². The molecule has 0 bridgehead atoms. The predicted octanol–water partition coefficient (Wildman–Crippen LogP) is 6.26. The molecule has 0 aliphatic carbocycles. The molecule has 3 heterocycles. The fourth-order valence-electron chi connectivity index (χ4n) is 5.28. The molecule has 2 N–H and O–H groups in total. The molecule has 0 spiro atoms. The largest absolute Gasteiger partial charge is 0.485 e. The number of hydrogen-bond donors (Lipinski definition) is 1. The summed E-state index contributed by atoms with van der Waals surface area (Å²) < 4.78 is 19.8. The van der Waals surface area contributed by atoms with E-state index < -0.39 is 6.17 Å². The maximum Gasteiger partial charge on any atom is 0.254 e. The van der Waals surface area contributed by atoms with Crippen LogP contribution in [0.1, 0.15) is 41.6 Å². The van der Waals surface area contributed by atoms with E-state index in [1.807, 2.05) is 35.2 Å². The lowest BCUT2D eigenvalue weighted by Crippen LogP contribution is -2.46. The molecule has 2 saturated heterocycles. The maximum absolute atomic E-state index is 13.9. The number of carbonyl (C=O) groups is 1. The van der Waals surface area contributed by atoms with Gasteiger partial charge in [0, 0.05) is 58.6 Å². The number of rotatable bonds is 7. The summed E-state index contributed by atoms with van der Waals surface area (Å²) in [5.41, 5.74) is 9.06. The van der Waals surface area contributed by atoms with Gasteiger partial charge >= 0.3 is 0 Å². The average molecular weight is 557 g/mol. The number of carbonyl (C=O) groups excluding carboxylic acids is 1. The van der Waals surface area contributed by atoms with Gasteiger partial charge in [0.1, 0.15) is 12.8 Å². The molecule has 2 unspecified atom stereocenters. The lowest BCUT2D eigenvalue weighted by atomic mass is 10.0. The van der Waals surface area contributed by atoms with Gasteiger partial charge in [-0.15, -0.1) is 0 Å². The fraction of sp³-hybridized carbons (Fsp3) is 0.379. The summed E-state index contributed by atoms with van der Waals surface area (Å²) in [6, 6.07) is 14.7. The van der Waals surface area contributed by atoms with Crippen molar-refractivity contribution in [1.29, 1.82) is 0 Å². The number of aromatic nitrogens is 1. The Kier molecular flexibility index (Phi) is 8.36. The summed E-state index contributed by atoms with van der Waals surface area (Å²) in [4.78, 5) is 21.8. The monoisotopic (exact) mass is 556 g/mol. The molecule has 1 amide bonds. The van der Waals surface area contributed by atoms with Crippen LogP contribution in [0.2, 0.25) is 10.0 Å². The van der Waals surface area contributed by atoms with Gasteiger partial charge in [0.05, 0.1) is 0 Å². The molecular weight excluding hydrogens is 526 g/mol. The van der Waals surface area contributed by atoms with Gasteiger partial charge < -0.3 is 15.4 Å². The number of ether oxygens (including phenoxy) is 1. The van der Waals surface area contributed by atoms with Crippen LogP contribution in [-0.2, 0) is 6.61 Å². The zero-order valence-electron chi connectivity index (χ0n) is 21.1. The van der Waals surface area contributed by atoms with Gasteiger partial charge in [-0.1, -0.05) is 41.4 Å². The van der Waals surface area contributed by atoms with Crippen LogP contribution in [0.15, 0.2) is 54.7 Å². The van der Waals surface area contributed by atoms with E-state index in [0.29, 0.717) is 39.9 Å². The Morgan fingerprint density at radius 3 is 2.53 bits per heavy atom. The number of amides is 1. The third-order valence-electron chi connectivity index (χ3n) is 7.34. The minimum atomic E-state index is -0.760. The van der Waals surface area contributed by atoms with Gasteiger partial charge in [0.25, 0.3) is 5.91 Å². The second kappa shape index (κ2) is 11.9. The first-order valence-electron chi connectivity index (χ1n) is 13.0. The molecule has 1 aromatic heterocycles. The first kappa shape index (κ1) is 26.7. The molecule has 5 rings (SSSR count). The molecule has 9 heteroatoms. The highest BCUT2D eigenvalue weighted by Gasteiger charge is 2.32. The summed E-state index contributed by atoms with van der Waals surface area (Å²) in [5, 5.41) is 1.03. The number of benzene rings is 2. The van der Waals surface area contributed by atoms with Crippen molar-refractivity contribution in [3.8, 4) is 16.9 Å². The minimum Gasteiger partial charge on any atom is -0.485 e. The molecule has 2 atom stereocenters.